The quantitative estimate of drug-likeness (QED) is 0.375. The van der Waals surface area contributed by atoms with Gasteiger partial charge >= 0.3 is 0 Å². The Morgan fingerprint density at radius 1 is 1.14 bits per heavy atom. The Balaban J connectivity index is 0.000000338. The molecule has 1 saturated heterocycles. The predicted octanol–water partition coefficient (Wildman–Crippen LogP) is 5.39. The molecular formula is C28H37Cl2N3O3. The van der Waals surface area contributed by atoms with Crippen LogP contribution < -0.4 is 16.0 Å². The molecule has 1 saturated carbocycles. The molecular weight excluding hydrogens is 497 g/mol. The zero-order valence-electron chi connectivity index (χ0n) is 21.4. The minimum Gasteiger partial charge on any atom is -0.390 e. The molecule has 3 atom stereocenters. The lowest BCUT2D eigenvalue weighted by atomic mass is 9.77. The van der Waals surface area contributed by atoms with E-state index in [1.54, 1.807) is 19.1 Å². The van der Waals surface area contributed by atoms with Crippen LogP contribution in [0.25, 0.3) is 0 Å². The second-order valence-corrected chi connectivity index (χ2v) is 12.2. The van der Waals surface area contributed by atoms with Crippen molar-refractivity contribution in [2.24, 2.45) is 11.3 Å². The summed E-state index contributed by atoms with van der Waals surface area (Å²) in [6, 6.07) is 15.4. The summed E-state index contributed by atoms with van der Waals surface area (Å²) < 4.78 is 0. The molecule has 1 aliphatic carbocycles. The Labute approximate surface area is 224 Å². The Hall–Kier alpha value is -2.12. The molecule has 6 nitrogen and oxygen atoms in total. The number of carbonyl (C=O) groups excluding carboxylic acids is 2. The van der Waals surface area contributed by atoms with Crippen molar-refractivity contribution in [1.29, 1.82) is 0 Å². The number of halogens is 2. The average Bonchev–Trinajstić information content (AvgIpc) is 3.15. The molecule has 2 aliphatic rings. The van der Waals surface area contributed by atoms with Crippen LogP contribution in [0, 0.1) is 11.3 Å². The summed E-state index contributed by atoms with van der Waals surface area (Å²) in [5.74, 6) is -0.0848. The van der Waals surface area contributed by atoms with Gasteiger partial charge in [0.1, 0.15) is 0 Å². The lowest BCUT2D eigenvalue weighted by Gasteiger charge is -2.40. The molecule has 0 radical (unpaired) electrons. The highest BCUT2D eigenvalue weighted by molar-refractivity contribution is 6.31. The van der Waals surface area contributed by atoms with E-state index >= 15 is 0 Å². The third-order valence-corrected chi connectivity index (χ3v) is 7.12. The first kappa shape index (κ1) is 28.5. The molecule has 2 amide bonds. The molecule has 4 N–H and O–H groups in total. The highest BCUT2D eigenvalue weighted by Crippen LogP contribution is 2.38. The second kappa shape index (κ2) is 12.0. The van der Waals surface area contributed by atoms with Crippen molar-refractivity contribution in [3.63, 3.8) is 0 Å². The van der Waals surface area contributed by atoms with Crippen LogP contribution in [0.5, 0.6) is 0 Å². The molecule has 1 aliphatic heterocycles. The molecule has 2 aromatic rings. The highest BCUT2D eigenvalue weighted by atomic mass is 35.5. The van der Waals surface area contributed by atoms with Gasteiger partial charge in [-0.3, -0.25) is 9.59 Å². The highest BCUT2D eigenvalue weighted by Gasteiger charge is 2.43. The average molecular weight is 535 g/mol. The van der Waals surface area contributed by atoms with Crippen LogP contribution in [-0.2, 0) is 9.59 Å². The molecule has 0 spiro atoms. The maximum Gasteiger partial charge on any atom is 0.229 e. The van der Waals surface area contributed by atoms with Gasteiger partial charge < -0.3 is 21.1 Å². The number of amides is 2. The Kier molecular flexibility index (Phi) is 9.44. The molecule has 36 heavy (non-hydrogen) atoms. The van der Waals surface area contributed by atoms with Gasteiger partial charge in [-0.2, -0.15) is 0 Å². The van der Waals surface area contributed by atoms with Gasteiger partial charge in [0.25, 0.3) is 0 Å². The molecule has 196 valence electrons. The summed E-state index contributed by atoms with van der Waals surface area (Å²) in [7, 11) is 0. The fraction of sp³-hybridized carbons (Fsp3) is 0.500. The van der Waals surface area contributed by atoms with Crippen LogP contribution in [0.3, 0.4) is 0 Å². The van der Waals surface area contributed by atoms with E-state index in [0.717, 1.165) is 24.2 Å². The Morgan fingerprint density at radius 3 is 2.33 bits per heavy atom. The van der Waals surface area contributed by atoms with Crippen LogP contribution in [-0.4, -0.2) is 41.7 Å². The van der Waals surface area contributed by atoms with E-state index in [9.17, 15) is 9.59 Å². The summed E-state index contributed by atoms with van der Waals surface area (Å²) in [6.45, 7) is 9.14. The number of hydrogen-bond donors (Lipinski definition) is 4. The largest absolute Gasteiger partial charge is 0.390 e. The molecule has 0 bridgehead atoms. The summed E-state index contributed by atoms with van der Waals surface area (Å²) >= 11 is 12.3. The van der Waals surface area contributed by atoms with Crippen LogP contribution in [0.15, 0.2) is 48.5 Å². The second-order valence-electron chi connectivity index (χ2n) is 11.4. The van der Waals surface area contributed by atoms with Crippen molar-refractivity contribution in [2.75, 3.05) is 11.9 Å². The Bertz CT molecular complexity index is 1050. The Morgan fingerprint density at radius 2 is 1.78 bits per heavy atom. The smallest absolute Gasteiger partial charge is 0.229 e. The van der Waals surface area contributed by atoms with Gasteiger partial charge in [0.15, 0.2) is 0 Å². The van der Waals surface area contributed by atoms with Gasteiger partial charge in [0, 0.05) is 40.3 Å². The van der Waals surface area contributed by atoms with Gasteiger partial charge in [-0.25, -0.2) is 0 Å². The van der Waals surface area contributed by atoms with E-state index in [2.05, 4.69) is 42.8 Å². The molecule has 2 fully saturated rings. The molecule has 4 rings (SSSR count). The van der Waals surface area contributed by atoms with Crippen LogP contribution in [0.4, 0.5) is 5.69 Å². The van der Waals surface area contributed by atoms with Crippen molar-refractivity contribution in [3.05, 3.63) is 64.1 Å². The lowest BCUT2D eigenvalue weighted by Crippen LogP contribution is -2.51. The fourth-order valence-corrected chi connectivity index (χ4v) is 5.50. The minimum absolute atomic E-state index is 0.0153. The molecule has 3 unspecified atom stereocenters. The van der Waals surface area contributed by atoms with E-state index in [0.29, 0.717) is 29.3 Å². The summed E-state index contributed by atoms with van der Waals surface area (Å²) in [5.41, 5.74) is 1.41. The third-order valence-electron chi connectivity index (χ3n) is 6.65. The fourth-order valence-electron chi connectivity index (χ4n) is 5.11. The lowest BCUT2D eigenvalue weighted by molar-refractivity contribution is -0.120. The van der Waals surface area contributed by atoms with Crippen molar-refractivity contribution in [1.82, 2.24) is 10.6 Å². The van der Waals surface area contributed by atoms with E-state index < -0.39 is 5.60 Å². The third kappa shape index (κ3) is 8.20. The molecule has 0 aromatic heterocycles. The van der Waals surface area contributed by atoms with E-state index in [4.69, 9.17) is 28.3 Å². The number of aliphatic hydroxyl groups is 1. The summed E-state index contributed by atoms with van der Waals surface area (Å²) in [5, 5.41) is 19.7. The van der Waals surface area contributed by atoms with E-state index in [1.807, 2.05) is 30.3 Å². The minimum atomic E-state index is -0.527. The van der Waals surface area contributed by atoms with Crippen LogP contribution >= 0.6 is 23.2 Å². The van der Waals surface area contributed by atoms with E-state index in [-0.39, 0.29) is 35.2 Å². The van der Waals surface area contributed by atoms with E-state index in [1.165, 1.54) is 0 Å². The first-order valence-corrected chi connectivity index (χ1v) is 13.1. The molecule has 2 aromatic carbocycles. The topological polar surface area (TPSA) is 90.5 Å². The first-order chi connectivity index (χ1) is 16.9. The number of benzene rings is 2. The SMILES string of the molecule is CC(C)(C)CC1NCC(c2cccc(Cl)c2)C1C(=O)Nc1cccc(Cl)c1.CC1(O)CC(NC=O)C1. The van der Waals surface area contributed by atoms with Gasteiger partial charge in [-0.05, 0) is 67.5 Å². The molecule has 8 heteroatoms. The normalized spacial score (nSPS) is 27.3. The maximum absolute atomic E-state index is 13.3. The number of carbonyl (C=O) groups is 2. The van der Waals surface area contributed by atoms with Crippen LogP contribution in [0.2, 0.25) is 10.0 Å². The number of nitrogens with one attached hydrogen (secondary N) is 3. The van der Waals surface area contributed by atoms with Crippen LogP contribution in [0.1, 0.15) is 58.4 Å². The van der Waals surface area contributed by atoms with Crippen molar-refractivity contribution in [2.45, 2.75) is 70.6 Å². The van der Waals surface area contributed by atoms with Crippen molar-refractivity contribution >= 4 is 41.2 Å². The summed E-state index contributed by atoms with van der Waals surface area (Å²) in [4.78, 5) is 23.1. The van der Waals surface area contributed by atoms with Crippen molar-refractivity contribution in [3.8, 4) is 0 Å². The maximum atomic E-state index is 13.3. The first-order valence-electron chi connectivity index (χ1n) is 12.3. The monoisotopic (exact) mass is 533 g/mol. The number of anilines is 1. The van der Waals surface area contributed by atoms with Gasteiger partial charge in [0.05, 0.1) is 11.5 Å². The zero-order chi connectivity index (χ0) is 26.5. The van der Waals surface area contributed by atoms with Crippen molar-refractivity contribution < 1.29 is 14.7 Å². The van der Waals surface area contributed by atoms with Gasteiger partial charge in [-0.1, -0.05) is 62.2 Å². The number of rotatable bonds is 6. The van der Waals surface area contributed by atoms with Gasteiger partial charge in [0.2, 0.25) is 12.3 Å². The standard InChI is InChI=1S/C22H26Cl2N2O.C6H11NO2/c1-22(2,3)12-19-20(21(27)26-17-9-5-8-16(24)11-17)18(13-25-19)14-6-4-7-15(23)10-14;1-6(9)2-5(3-6)7-4-8/h4-11,18-20,25H,12-13H2,1-3H3,(H,26,27);4-5,9H,2-3H2,1H3,(H,7,8). The predicted molar refractivity (Wildman–Crippen MR) is 146 cm³/mol. The van der Waals surface area contributed by atoms with Gasteiger partial charge in [-0.15, -0.1) is 0 Å². The summed E-state index contributed by atoms with van der Waals surface area (Å²) in [6.07, 6.45) is 2.97. The molecule has 1 heterocycles. The number of hydrogen-bond acceptors (Lipinski definition) is 4. The zero-order valence-corrected chi connectivity index (χ0v) is 22.9.